The van der Waals surface area contributed by atoms with E-state index in [4.69, 9.17) is 21.1 Å². The predicted molar refractivity (Wildman–Crippen MR) is 106 cm³/mol. The Morgan fingerprint density at radius 2 is 1.96 bits per heavy atom. The Balaban J connectivity index is 1.94. The standard InChI is InChI=1S/C20H23ClN2O4/c1-4-22-19(24)12-26-17-7-5-6-16(11-17)23-20(25)14(3)27-18-9-8-15(21)10-13(18)2/h5-11,14H,4,12H2,1-3H3,(H,22,24)(H,23,25). The molecule has 2 N–H and O–H groups in total. The van der Waals surface area contributed by atoms with Crippen LogP contribution >= 0.6 is 11.6 Å². The van der Waals surface area contributed by atoms with Gasteiger partial charge >= 0.3 is 0 Å². The quantitative estimate of drug-likeness (QED) is 0.722. The third-order valence-electron chi connectivity index (χ3n) is 3.66. The van der Waals surface area contributed by atoms with E-state index in [0.717, 1.165) is 5.56 Å². The zero-order valence-corrected chi connectivity index (χ0v) is 16.3. The Morgan fingerprint density at radius 1 is 1.19 bits per heavy atom. The molecule has 0 aromatic heterocycles. The average molecular weight is 391 g/mol. The van der Waals surface area contributed by atoms with E-state index in [0.29, 0.717) is 28.8 Å². The molecule has 2 aromatic carbocycles. The number of amides is 2. The largest absolute Gasteiger partial charge is 0.484 e. The Kier molecular flexibility index (Phi) is 7.49. The minimum Gasteiger partial charge on any atom is -0.484 e. The van der Waals surface area contributed by atoms with Gasteiger partial charge in [-0.05, 0) is 56.7 Å². The molecule has 0 saturated heterocycles. The second-order valence-electron chi connectivity index (χ2n) is 5.93. The van der Waals surface area contributed by atoms with Crippen molar-refractivity contribution in [1.82, 2.24) is 5.32 Å². The summed E-state index contributed by atoms with van der Waals surface area (Å²) in [6.07, 6.45) is -0.704. The van der Waals surface area contributed by atoms with Crippen molar-refractivity contribution >= 4 is 29.1 Å². The molecular formula is C20H23ClN2O4. The first kappa shape index (κ1) is 20.6. The van der Waals surface area contributed by atoms with Gasteiger partial charge in [0.05, 0.1) is 0 Å². The Hall–Kier alpha value is -2.73. The van der Waals surface area contributed by atoms with E-state index < -0.39 is 6.10 Å². The van der Waals surface area contributed by atoms with Gasteiger partial charge in [-0.1, -0.05) is 17.7 Å². The summed E-state index contributed by atoms with van der Waals surface area (Å²) in [6.45, 7) is 5.83. The summed E-state index contributed by atoms with van der Waals surface area (Å²) in [6, 6.07) is 12.1. The lowest BCUT2D eigenvalue weighted by molar-refractivity contribution is -0.123. The maximum atomic E-state index is 12.4. The van der Waals surface area contributed by atoms with Gasteiger partial charge in [0.25, 0.3) is 11.8 Å². The first-order valence-corrected chi connectivity index (χ1v) is 9.00. The maximum Gasteiger partial charge on any atom is 0.265 e. The second kappa shape index (κ2) is 9.83. The van der Waals surface area contributed by atoms with Gasteiger partial charge in [-0.2, -0.15) is 0 Å². The molecule has 0 aliphatic rings. The van der Waals surface area contributed by atoms with Crippen molar-refractivity contribution < 1.29 is 19.1 Å². The van der Waals surface area contributed by atoms with Gasteiger partial charge in [0.1, 0.15) is 11.5 Å². The van der Waals surface area contributed by atoms with Crippen molar-refractivity contribution in [2.45, 2.75) is 26.9 Å². The number of carbonyl (C=O) groups is 2. The number of benzene rings is 2. The highest BCUT2D eigenvalue weighted by Crippen LogP contribution is 2.23. The van der Waals surface area contributed by atoms with Crippen LogP contribution in [0.5, 0.6) is 11.5 Å². The molecule has 7 heteroatoms. The van der Waals surface area contributed by atoms with Gasteiger partial charge in [-0.25, -0.2) is 0 Å². The average Bonchev–Trinajstić information content (AvgIpc) is 2.63. The highest BCUT2D eigenvalue weighted by atomic mass is 35.5. The van der Waals surface area contributed by atoms with E-state index in [2.05, 4.69) is 10.6 Å². The monoisotopic (exact) mass is 390 g/mol. The molecular weight excluding hydrogens is 368 g/mol. The number of likely N-dealkylation sites (N-methyl/N-ethyl adjacent to an activating group) is 1. The zero-order chi connectivity index (χ0) is 19.8. The lowest BCUT2D eigenvalue weighted by Crippen LogP contribution is -2.30. The van der Waals surface area contributed by atoms with Crippen LogP contribution in [0.2, 0.25) is 5.02 Å². The molecule has 0 saturated carbocycles. The van der Waals surface area contributed by atoms with Crippen molar-refractivity contribution in [3.8, 4) is 11.5 Å². The molecule has 1 unspecified atom stereocenters. The number of hydrogen-bond donors (Lipinski definition) is 2. The van der Waals surface area contributed by atoms with Crippen molar-refractivity contribution in [1.29, 1.82) is 0 Å². The summed E-state index contributed by atoms with van der Waals surface area (Å²) < 4.78 is 11.1. The van der Waals surface area contributed by atoms with Crippen LogP contribution < -0.4 is 20.1 Å². The molecule has 0 bridgehead atoms. The summed E-state index contributed by atoms with van der Waals surface area (Å²) >= 11 is 5.93. The van der Waals surface area contributed by atoms with Crippen LogP contribution in [0.15, 0.2) is 42.5 Å². The molecule has 144 valence electrons. The minimum absolute atomic E-state index is 0.0827. The van der Waals surface area contributed by atoms with E-state index in [1.165, 1.54) is 0 Å². The van der Waals surface area contributed by atoms with Gasteiger partial charge < -0.3 is 20.1 Å². The summed E-state index contributed by atoms with van der Waals surface area (Å²) in [5, 5.41) is 6.04. The molecule has 2 aromatic rings. The third-order valence-corrected chi connectivity index (χ3v) is 3.89. The fourth-order valence-corrected chi connectivity index (χ4v) is 2.52. The highest BCUT2D eigenvalue weighted by molar-refractivity contribution is 6.30. The molecule has 2 amide bonds. The predicted octanol–water partition coefficient (Wildman–Crippen LogP) is 3.57. The molecule has 27 heavy (non-hydrogen) atoms. The molecule has 1 atom stereocenters. The lowest BCUT2D eigenvalue weighted by Gasteiger charge is -2.16. The highest BCUT2D eigenvalue weighted by Gasteiger charge is 2.16. The van der Waals surface area contributed by atoms with Gasteiger partial charge in [0.2, 0.25) is 0 Å². The summed E-state index contributed by atoms with van der Waals surface area (Å²) in [5.41, 5.74) is 1.40. The van der Waals surface area contributed by atoms with E-state index in [1.807, 2.05) is 13.8 Å². The fraction of sp³-hybridized carbons (Fsp3) is 0.300. The third kappa shape index (κ3) is 6.49. The summed E-state index contributed by atoms with van der Waals surface area (Å²) in [4.78, 5) is 23.9. The number of aryl methyl sites for hydroxylation is 1. The molecule has 2 rings (SSSR count). The molecule has 0 radical (unpaired) electrons. The van der Waals surface area contributed by atoms with E-state index in [1.54, 1.807) is 49.4 Å². The normalized spacial score (nSPS) is 11.4. The number of nitrogens with one attached hydrogen (secondary N) is 2. The topological polar surface area (TPSA) is 76.7 Å². The number of hydrogen-bond acceptors (Lipinski definition) is 4. The molecule has 0 aliphatic carbocycles. The molecule has 6 nitrogen and oxygen atoms in total. The van der Waals surface area contributed by atoms with Gasteiger partial charge in [-0.15, -0.1) is 0 Å². The smallest absolute Gasteiger partial charge is 0.265 e. The van der Waals surface area contributed by atoms with Crippen LogP contribution in [0.3, 0.4) is 0 Å². The van der Waals surface area contributed by atoms with E-state index in [9.17, 15) is 9.59 Å². The number of carbonyl (C=O) groups excluding carboxylic acids is 2. The number of ether oxygens (including phenoxy) is 2. The molecule has 0 fully saturated rings. The first-order chi connectivity index (χ1) is 12.9. The second-order valence-corrected chi connectivity index (χ2v) is 6.37. The SMILES string of the molecule is CCNC(=O)COc1cccc(NC(=O)C(C)Oc2ccc(Cl)cc2C)c1. The van der Waals surface area contributed by atoms with Crippen molar-refractivity contribution in [2.75, 3.05) is 18.5 Å². The molecule has 0 aliphatic heterocycles. The van der Waals surface area contributed by atoms with Crippen LogP contribution in [0.4, 0.5) is 5.69 Å². The fourth-order valence-electron chi connectivity index (χ4n) is 2.29. The van der Waals surface area contributed by atoms with E-state index in [-0.39, 0.29) is 18.4 Å². The van der Waals surface area contributed by atoms with Gasteiger partial charge in [0, 0.05) is 23.3 Å². The number of rotatable bonds is 8. The molecule has 0 heterocycles. The summed E-state index contributed by atoms with van der Waals surface area (Å²) in [7, 11) is 0. The number of halogens is 1. The van der Waals surface area contributed by atoms with Gasteiger partial charge in [-0.3, -0.25) is 9.59 Å². The summed E-state index contributed by atoms with van der Waals surface area (Å²) in [5.74, 6) is 0.583. The Labute approximate surface area is 163 Å². The van der Waals surface area contributed by atoms with Crippen LogP contribution in [0.1, 0.15) is 19.4 Å². The minimum atomic E-state index is -0.704. The van der Waals surface area contributed by atoms with Crippen molar-refractivity contribution in [2.24, 2.45) is 0 Å². The van der Waals surface area contributed by atoms with Crippen LogP contribution in [-0.4, -0.2) is 31.1 Å². The number of anilines is 1. The Morgan fingerprint density at radius 3 is 2.67 bits per heavy atom. The molecule has 0 spiro atoms. The zero-order valence-electron chi connectivity index (χ0n) is 15.5. The van der Waals surface area contributed by atoms with Gasteiger partial charge in [0.15, 0.2) is 12.7 Å². The Bertz CT molecular complexity index is 810. The van der Waals surface area contributed by atoms with Crippen molar-refractivity contribution in [3.63, 3.8) is 0 Å². The maximum absolute atomic E-state index is 12.4. The van der Waals surface area contributed by atoms with Crippen LogP contribution in [0, 0.1) is 6.92 Å². The van der Waals surface area contributed by atoms with Crippen molar-refractivity contribution in [3.05, 3.63) is 53.1 Å². The van der Waals surface area contributed by atoms with Crippen LogP contribution in [0.25, 0.3) is 0 Å². The van der Waals surface area contributed by atoms with E-state index >= 15 is 0 Å². The first-order valence-electron chi connectivity index (χ1n) is 8.62. The van der Waals surface area contributed by atoms with Crippen LogP contribution in [-0.2, 0) is 9.59 Å². The lowest BCUT2D eigenvalue weighted by atomic mass is 10.2.